The minimum Gasteiger partial charge on any atom is -0.394 e. The third kappa shape index (κ3) is 3.28. The smallest absolute Gasteiger partial charge is 0.150 e. The van der Waals surface area contributed by atoms with Gasteiger partial charge in [-0.25, -0.2) is 9.97 Å². The summed E-state index contributed by atoms with van der Waals surface area (Å²) in [5.41, 5.74) is 2.07. The van der Waals surface area contributed by atoms with E-state index in [0.717, 1.165) is 42.9 Å². The zero-order valence-corrected chi connectivity index (χ0v) is 14.2. The van der Waals surface area contributed by atoms with Crippen LogP contribution >= 0.6 is 0 Å². The largest absolute Gasteiger partial charge is 0.394 e. The van der Waals surface area contributed by atoms with Crippen molar-refractivity contribution in [1.82, 2.24) is 19.9 Å². The lowest BCUT2D eigenvalue weighted by molar-refractivity contribution is 0.265. The zero-order chi connectivity index (χ0) is 17.3. The zero-order valence-electron chi connectivity index (χ0n) is 14.2. The lowest BCUT2D eigenvalue weighted by atomic mass is 10.0. The predicted octanol–water partition coefficient (Wildman–Crippen LogP) is 2.36. The van der Waals surface area contributed by atoms with Crippen LogP contribution in [0.25, 0.3) is 6.08 Å². The maximum absolute atomic E-state index is 9.68. The molecule has 130 valence electrons. The normalized spacial score (nSPS) is 17.1. The first-order chi connectivity index (χ1) is 12.2. The van der Waals surface area contributed by atoms with Gasteiger partial charge in [0.1, 0.15) is 17.5 Å². The summed E-state index contributed by atoms with van der Waals surface area (Å²) in [4.78, 5) is 15.3. The van der Waals surface area contributed by atoms with Gasteiger partial charge in [0.25, 0.3) is 0 Å². The first-order valence-corrected chi connectivity index (χ1v) is 8.59. The summed E-state index contributed by atoms with van der Waals surface area (Å²) in [6, 6.07) is 2.03. The van der Waals surface area contributed by atoms with Gasteiger partial charge in [0.2, 0.25) is 0 Å². The number of fused-ring (bicyclic) bond motifs is 1. The van der Waals surface area contributed by atoms with E-state index < -0.39 is 0 Å². The molecule has 0 saturated heterocycles. The van der Waals surface area contributed by atoms with Gasteiger partial charge in [-0.1, -0.05) is 0 Å². The Kier molecular flexibility index (Phi) is 4.01. The second kappa shape index (κ2) is 6.33. The lowest BCUT2D eigenvalue weighted by Gasteiger charge is -2.27. The van der Waals surface area contributed by atoms with E-state index in [9.17, 15) is 5.11 Å². The summed E-state index contributed by atoms with van der Waals surface area (Å²) < 4.78 is 0. The summed E-state index contributed by atoms with van der Waals surface area (Å²) in [5, 5.41) is 16.4. The number of pyridine rings is 1. The molecular weight excluding hydrogens is 316 g/mol. The van der Waals surface area contributed by atoms with E-state index in [4.69, 9.17) is 4.98 Å². The van der Waals surface area contributed by atoms with E-state index in [1.165, 1.54) is 0 Å². The molecule has 3 heterocycles. The Labute approximate surface area is 146 Å². The molecule has 0 amide bonds. The van der Waals surface area contributed by atoms with Crippen LogP contribution < -0.4 is 10.6 Å². The van der Waals surface area contributed by atoms with Gasteiger partial charge in [0.15, 0.2) is 0 Å². The molecule has 0 bridgehead atoms. The molecule has 4 rings (SSSR count). The van der Waals surface area contributed by atoms with Crippen molar-refractivity contribution < 1.29 is 5.11 Å². The molecule has 7 nitrogen and oxygen atoms in total. The van der Waals surface area contributed by atoms with Crippen LogP contribution in [0, 0.1) is 0 Å². The minimum atomic E-state index is -0.218. The Balaban J connectivity index is 1.69. The second-order valence-electron chi connectivity index (χ2n) is 6.58. The van der Waals surface area contributed by atoms with Crippen molar-refractivity contribution in [3.05, 3.63) is 42.0 Å². The van der Waals surface area contributed by atoms with Crippen LogP contribution in [0.5, 0.6) is 0 Å². The molecule has 0 aromatic carbocycles. The summed E-state index contributed by atoms with van der Waals surface area (Å²) in [6.45, 7) is 4.01. The van der Waals surface area contributed by atoms with E-state index in [2.05, 4.69) is 44.7 Å². The average molecular weight is 338 g/mol. The molecule has 1 saturated carbocycles. The number of hydrogen-bond acceptors (Lipinski definition) is 7. The van der Waals surface area contributed by atoms with Gasteiger partial charge in [0, 0.05) is 31.0 Å². The third-order valence-electron chi connectivity index (χ3n) is 4.75. The molecule has 2 aromatic rings. The van der Waals surface area contributed by atoms with Crippen LogP contribution in [0.1, 0.15) is 30.9 Å². The molecule has 1 aliphatic heterocycles. The molecule has 0 unspecified atom stereocenters. The SMILES string of the molecule is CCN1C=Cc2cc(Nc3cnccn3)nc(NC3(CO)CC3)c2C1. The number of aliphatic hydroxyl groups excluding tert-OH is 1. The fourth-order valence-corrected chi connectivity index (χ4v) is 2.95. The monoisotopic (exact) mass is 338 g/mol. The Bertz CT molecular complexity index is 788. The van der Waals surface area contributed by atoms with Crippen molar-refractivity contribution >= 4 is 23.5 Å². The number of rotatable bonds is 6. The standard InChI is InChI=1S/C18H22N6O/c1-2-24-8-3-13-9-15(21-16-10-19-6-7-20-16)22-17(14(13)11-24)23-18(12-25)4-5-18/h3,6-10,25H,2,4-5,11-12H2,1H3,(H2,20,21,22,23). The molecule has 7 heteroatoms. The minimum absolute atomic E-state index is 0.124. The van der Waals surface area contributed by atoms with Gasteiger partial charge in [-0.3, -0.25) is 4.98 Å². The highest BCUT2D eigenvalue weighted by atomic mass is 16.3. The molecule has 2 aromatic heterocycles. The van der Waals surface area contributed by atoms with Gasteiger partial charge in [0.05, 0.1) is 18.3 Å². The van der Waals surface area contributed by atoms with Gasteiger partial charge < -0.3 is 20.6 Å². The molecule has 25 heavy (non-hydrogen) atoms. The summed E-state index contributed by atoms with van der Waals surface area (Å²) in [5.74, 6) is 2.20. The van der Waals surface area contributed by atoms with Crippen LogP contribution in [0.15, 0.2) is 30.9 Å². The number of nitrogens with one attached hydrogen (secondary N) is 2. The van der Waals surface area contributed by atoms with Crippen molar-refractivity contribution in [3.63, 3.8) is 0 Å². The van der Waals surface area contributed by atoms with Gasteiger partial charge in [-0.15, -0.1) is 0 Å². The number of hydrogen-bond donors (Lipinski definition) is 3. The fourth-order valence-electron chi connectivity index (χ4n) is 2.95. The topological polar surface area (TPSA) is 86.2 Å². The number of nitrogens with zero attached hydrogens (tertiary/aromatic N) is 4. The van der Waals surface area contributed by atoms with Crippen molar-refractivity contribution in [2.45, 2.75) is 31.8 Å². The van der Waals surface area contributed by atoms with Crippen molar-refractivity contribution in [2.75, 3.05) is 23.8 Å². The van der Waals surface area contributed by atoms with Crippen LogP contribution in [0.2, 0.25) is 0 Å². The van der Waals surface area contributed by atoms with Crippen LogP contribution in [0.4, 0.5) is 17.5 Å². The van der Waals surface area contributed by atoms with Gasteiger partial charge >= 0.3 is 0 Å². The molecule has 1 fully saturated rings. The molecule has 3 N–H and O–H groups in total. The van der Waals surface area contributed by atoms with E-state index in [-0.39, 0.29) is 12.1 Å². The summed E-state index contributed by atoms with van der Waals surface area (Å²) >= 11 is 0. The number of aromatic nitrogens is 3. The Morgan fingerprint density at radius 2 is 2.16 bits per heavy atom. The quantitative estimate of drug-likeness (QED) is 0.745. The van der Waals surface area contributed by atoms with E-state index in [1.54, 1.807) is 18.6 Å². The Morgan fingerprint density at radius 1 is 1.28 bits per heavy atom. The molecule has 1 aliphatic carbocycles. The fraction of sp³-hybridized carbons (Fsp3) is 0.389. The summed E-state index contributed by atoms with van der Waals surface area (Å²) in [6.07, 6.45) is 11.1. The van der Waals surface area contributed by atoms with Gasteiger partial charge in [-0.2, -0.15) is 0 Å². The number of aliphatic hydroxyl groups is 1. The molecule has 0 radical (unpaired) electrons. The van der Waals surface area contributed by atoms with E-state index >= 15 is 0 Å². The van der Waals surface area contributed by atoms with Crippen molar-refractivity contribution in [3.8, 4) is 0 Å². The second-order valence-corrected chi connectivity index (χ2v) is 6.58. The highest BCUT2D eigenvalue weighted by Gasteiger charge is 2.43. The van der Waals surface area contributed by atoms with E-state index in [1.807, 2.05) is 6.07 Å². The average Bonchev–Trinajstić information content (AvgIpc) is 3.42. The lowest BCUT2D eigenvalue weighted by Crippen LogP contribution is -2.29. The first kappa shape index (κ1) is 15.8. The van der Waals surface area contributed by atoms with E-state index in [0.29, 0.717) is 11.6 Å². The predicted molar refractivity (Wildman–Crippen MR) is 97.3 cm³/mol. The first-order valence-electron chi connectivity index (χ1n) is 8.59. The van der Waals surface area contributed by atoms with Crippen LogP contribution in [-0.2, 0) is 6.54 Å². The van der Waals surface area contributed by atoms with Crippen LogP contribution in [0.3, 0.4) is 0 Å². The molecular formula is C18H22N6O. The molecule has 0 atom stereocenters. The highest BCUT2D eigenvalue weighted by molar-refractivity contribution is 5.69. The maximum Gasteiger partial charge on any atom is 0.150 e. The molecule has 0 spiro atoms. The van der Waals surface area contributed by atoms with Crippen molar-refractivity contribution in [2.24, 2.45) is 0 Å². The highest BCUT2D eigenvalue weighted by Crippen LogP contribution is 2.40. The van der Waals surface area contributed by atoms with Gasteiger partial charge in [-0.05, 0) is 43.7 Å². The van der Waals surface area contributed by atoms with Crippen LogP contribution in [-0.4, -0.2) is 43.6 Å². The van der Waals surface area contributed by atoms with Crippen molar-refractivity contribution in [1.29, 1.82) is 0 Å². The summed E-state index contributed by atoms with van der Waals surface area (Å²) in [7, 11) is 0. The Hall–Kier alpha value is -2.67. The maximum atomic E-state index is 9.68. The third-order valence-corrected chi connectivity index (χ3v) is 4.75. The molecule has 2 aliphatic rings. The number of anilines is 3. The Morgan fingerprint density at radius 3 is 2.84 bits per heavy atom.